The first-order chi connectivity index (χ1) is 10.5. The first-order valence-electron chi connectivity index (χ1n) is 6.65. The molecular formula is C15H15N2O5. The summed E-state index contributed by atoms with van der Waals surface area (Å²) in [5.41, 5.74) is 0.502. The summed E-state index contributed by atoms with van der Waals surface area (Å²) in [5.74, 6) is -0.242. The number of benzene rings is 1. The van der Waals surface area contributed by atoms with Gasteiger partial charge < -0.3 is 14.8 Å². The summed E-state index contributed by atoms with van der Waals surface area (Å²) in [5, 5.41) is 6.06. The SMILES string of the molecule is CCC(=O)OCC1=C(C(=O)c2ccc(OC)cc2)[N]C(=O)N1. The van der Waals surface area contributed by atoms with Crippen molar-refractivity contribution < 1.29 is 23.9 Å². The maximum absolute atomic E-state index is 12.4. The third-order valence-corrected chi connectivity index (χ3v) is 2.99. The monoisotopic (exact) mass is 303 g/mol. The zero-order chi connectivity index (χ0) is 16.1. The van der Waals surface area contributed by atoms with Crippen molar-refractivity contribution in [2.45, 2.75) is 13.3 Å². The summed E-state index contributed by atoms with van der Waals surface area (Å²) in [4.78, 5) is 35.0. The van der Waals surface area contributed by atoms with Gasteiger partial charge in [0, 0.05) is 12.0 Å². The highest BCUT2D eigenvalue weighted by Crippen LogP contribution is 2.18. The number of hydrogen-bond donors (Lipinski definition) is 1. The van der Waals surface area contributed by atoms with E-state index in [9.17, 15) is 14.4 Å². The minimum absolute atomic E-state index is 0.0425. The number of carbonyl (C=O) groups excluding carboxylic acids is 3. The van der Waals surface area contributed by atoms with E-state index in [0.717, 1.165) is 0 Å². The fourth-order valence-electron chi connectivity index (χ4n) is 1.81. The Hall–Kier alpha value is -2.83. The highest BCUT2D eigenvalue weighted by atomic mass is 16.5. The molecule has 0 saturated heterocycles. The number of allylic oxidation sites excluding steroid dienone is 1. The zero-order valence-electron chi connectivity index (χ0n) is 12.2. The van der Waals surface area contributed by atoms with Crippen LogP contribution in [0.1, 0.15) is 23.7 Å². The second-order valence-electron chi connectivity index (χ2n) is 4.44. The number of ketones is 1. The van der Waals surface area contributed by atoms with E-state index in [0.29, 0.717) is 11.3 Å². The molecule has 0 bridgehead atoms. The number of amides is 2. The lowest BCUT2D eigenvalue weighted by Crippen LogP contribution is -2.21. The first-order valence-corrected chi connectivity index (χ1v) is 6.65. The highest BCUT2D eigenvalue weighted by molar-refractivity contribution is 6.12. The molecule has 0 fully saturated rings. The molecule has 2 amide bonds. The fourth-order valence-corrected chi connectivity index (χ4v) is 1.81. The Bertz CT molecular complexity index is 634. The van der Waals surface area contributed by atoms with E-state index in [4.69, 9.17) is 9.47 Å². The van der Waals surface area contributed by atoms with Gasteiger partial charge in [-0.3, -0.25) is 9.59 Å². The van der Waals surface area contributed by atoms with E-state index in [1.54, 1.807) is 31.2 Å². The van der Waals surface area contributed by atoms with Crippen LogP contribution in [0.3, 0.4) is 0 Å². The summed E-state index contributed by atoms with van der Waals surface area (Å²) in [6.07, 6.45) is 0.208. The number of hydrogen-bond acceptors (Lipinski definition) is 5. The molecular weight excluding hydrogens is 288 g/mol. The van der Waals surface area contributed by atoms with E-state index < -0.39 is 17.8 Å². The molecule has 2 rings (SSSR count). The van der Waals surface area contributed by atoms with Crippen molar-refractivity contribution in [1.82, 2.24) is 10.6 Å². The largest absolute Gasteiger partial charge is 0.497 e. The van der Waals surface area contributed by atoms with Crippen LogP contribution in [0.15, 0.2) is 35.7 Å². The average Bonchev–Trinajstić information content (AvgIpc) is 2.92. The van der Waals surface area contributed by atoms with E-state index in [2.05, 4.69) is 10.6 Å². The number of nitrogens with zero attached hydrogens (tertiary/aromatic N) is 1. The lowest BCUT2D eigenvalue weighted by molar-refractivity contribution is -0.142. The molecule has 0 aromatic heterocycles. The molecule has 1 aromatic rings. The third-order valence-electron chi connectivity index (χ3n) is 2.99. The Kier molecular flexibility index (Phi) is 4.77. The molecule has 1 aromatic carbocycles. The van der Waals surface area contributed by atoms with Crippen LogP contribution >= 0.6 is 0 Å². The molecule has 0 saturated carbocycles. The molecule has 22 heavy (non-hydrogen) atoms. The topological polar surface area (TPSA) is 95.8 Å². The van der Waals surface area contributed by atoms with Crippen molar-refractivity contribution in [3.8, 4) is 5.75 Å². The highest BCUT2D eigenvalue weighted by Gasteiger charge is 2.29. The fraction of sp³-hybridized carbons (Fsp3) is 0.267. The molecule has 1 aliphatic rings. The number of Topliss-reactive ketones (excluding diaryl/α,β-unsaturated/α-hetero) is 1. The molecule has 1 N–H and O–H groups in total. The van der Waals surface area contributed by atoms with Gasteiger partial charge in [0.1, 0.15) is 18.1 Å². The Labute approximate surface area is 127 Å². The smallest absolute Gasteiger partial charge is 0.346 e. The number of esters is 1. The predicted octanol–water partition coefficient (Wildman–Crippen LogP) is 1.37. The maximum Gasteiger partial charge on any atom is 0.346 e. The van der Waals surface area contributed by atoms with Gasteiger partial charge in [0.2, 0.25) is 5.78 Å². The normalized spacial score (nSPS) is 13.5. The Morgan fingerprint density at radius 3 is 2.50 bits per heavy atom. The number of ether oxygens (including phenoxy) is 2. The lowest BCUT2D eigenvalue weighted by atomic mass is 10.1. The lowest BCUT2D eigenvalue weighted by Gasteiger charge is -2.06. The van der Waals surface area contributed by atoms with Crippen molar-refractivity contribution in [2.75, 3.05) is 13.7 Å². The second-order valence-corrected chi connectivity index (χ2v) is 4.44. The van der Waals surface area contributed by atoms with Gasteiger partial charge in [-0.1, -0.05) is 6.92 Å². The maximum atomic E-state index is 12.4. The van der Waals surface area contributed by atoms with Gasteiger partial charge in [0.15, 0.2) is 0 Å². The molecule has 1 heterocycles. The number of urea groups is 1. The molecule has 0 atom stereocenters. The first kappa shape index (κ1) is 15.6. The van der Waals surface area contributed by atoms with E-state index in [1.807, 2.05) is 0 Å². The van der Waals surface area contributed by atoms with E-state index in [-0.39, 0.29) is 24.4 Å². The van der Waals surface area contributed by atoms with Gasteiger partial charge in [-0.05, 0) is 24.3 Å². The van der Waals surface area contributed by atoms with Crippen LogP contribution in [0.2, 0.25) is 0 Å². The molecule has 0 spiro atoms. The van der Waals surface area contributed by atoms with Gasteiger partial charge in [-0.25, -0.2) is 4.79 Å². The molecule has 0 aliphatic carbocycles. The van der Waals surface area contributed by atoms with Crippen molar-refractivity contribution in [3.05, 3.63) is 41.2 Å². The van der Waals surface area contributed by atoms with Crippen LogP contribution in [0, 0.1) is 0 Å². The Morgan fingerprint density at radius 1 is 1.23 bits per heavy atom. The summed E-state index contributed by atoms with van der Waals surface area (Å²) >= 11 is 0. The minimum Gasteiger partial charge on any atom is -0.497 e. The molecule has 7 nitrogen and oxygen atoms in total. The van der Waals surface area contributed by atoms with Crippen LogP contribution in [0.25, 0.3) is 0 Å². The minimum atomic E-state index is -0.653. The summed E-state index contributed by atoms with van der Waals surface area (Å²) in [7, 11) is 1.52. The van der Waals surface area contributed by atoms with Crippen molar-refractivity contribution in [2.24, 2.45) is 0 Å². The third kappa shape index (κ3) is 3.43. The standard InChI is InChI=1S/C15H15N2O5/c1-3-12(18)22-8-11-13(17-15(20)16-11)14(19)9-4-6-10(21-2)7-5-9/h4-7H,3,8H2,1-2H3,(H,16,20). The van der Waals surface area contributed by atoms with Crippen molar-refractivity contribution in [1.29, 1.82) is 0 Å². The summed E-state index contributed by atoms with van der Waals surface area (Å²) < 4.78 is 9.95. The Balaban J connectivity index is 2.19. The average molecular weight is 303 g/mol. The zero-order valence-corrected chi connectivity index (χ0v) is 12.2. The van der Waals surface area contributed by atoms with Gasteiger partial charge in [-0.2, -0.15) is 5.32 Å². The summed E-state index contributed by atoms with van der Waals surface area (Å²) in [6.45, 7) is 1.46. The van der Waals surface area contributed by atoms with Crippen molar-refractivity contribution >= 4 is 17.8 Å². The van der Waals surface area contributed by atoms with Gasteiger partial charge >= 0.3 is 12.0 Å². The van der Waals surface area contributed by atoms with Crippen LogP contribution in [0.4, 0.5) is 4.79 Å². The van der Waals surface area contributed by atoms with Crippen LogP contribution in [-0.4, -0.2) is 31.5 Å². The van der Waals surface area contributed by atoms with E-state index >= 15 is 0 Å². The molecule has 115 valence electrons. The second kappa shape index (κ2) is 6.75. The number of carbonyl (C=O) groups is 3. The summed E-state index contributed by atoms with van der Waals surface area (Å²) in [6, 6.07) is 5.76. The quantitative estimate of drug-likeness (QED) is 0.632. The number of methoxy groups -OCH3 is 1. The molecule has 0 unspecified atom stereocenters. The van der Waals surface area contributed by atoms with Crippen molar-refractivity contribution in [3.63, 3.8) is 0 Å². The van der Waals surface area contributed by atoms with E-state index in [1.165, 1.54) is 7.11 Å². The molecule has 7 heteroatoms. The number of nitrogens with one attached hydrogen (secondary N) is 1. The molecule has 1 aliphatic heterocycles. The van der Waals surface area contributed by atoms with Crippen LogP contribution in [0.5, 0.6) is 5.75 Å². The van der Waals surface area contributed by atoms with Crippen LogP contribution in [-0.2, 0) is 9.53 Å². The van der Waals surface area contributed by atoms with Gasteiger partial charge in [0.05, 0.1) is 12.8 Å². The van der Waals surface area contributed by atoms with Gasteiger partial charge in [0.25, 0.3) is 0 Å². The molecule has 1 radical (unpaired) electrons. The van der Waals surface area contributed by atoms with Gasteiger partial charge in [-0.15, -0.1) is 0 Å². The number of rotatable bonds is 6. The predicted molar refractivity (Wildman–Crippen MR) is 76.3 cm³/mol. The Morgan fingerprint density at radius 2 is 1.91 bits per heavy atom. The van der Waals surface area contributed by atoms with Crippen LogP contribution < -0.4 is 15.4 Å².